The summed E-state index contributed by atoms with van der Waals surface area (Å²) in [5.41, 5.74) is 1.77. The number of rotatable bonds is 6. The van der Waals surface area contributed by atoms with Crippen molar-refractivity contribution in [2.24, 2.45) is 0 Å². The molecule has 0 radical (unpaired) electrons. The highest BCUT2D eigenvalue weighted by atomic mass is 32.2. The van der Waals surface area contributed by atoms with Gasteiger partial charge in [0.2, 0.25) is 0 Å². The molecule has 2 heterocycles. The Hall–Kier alpha value is -3.06. The third-order valence-corrected chi connectivity index (χ3v) is 5.67. The third-order valence-electron chi connectivity index (χ3n) is 4.05. The number of pyridine rings is 2. The maximum atomic E-state index is 13.1. The molecule has 0 bridgehead atoms. The fourth-order valence-corrected chi connectivity index (χ4v) is 3.81. The molecular formula is C20H19N3O3S. The van der Waals surface area contributed by atoms with Gasteiger partial charge in [-0.2, -0.15) is 0 Å². The van der Waals surface area contributed by atoms with Gasteiger partial charge in [0, 0.05) is 24.3 Å². The Morgan fingerprint density at radius 2 is 1.78 bits per heavy atom. The van der Waals surface area contributed by atoms with E-state index in [2.05, 4.69) is 15.3 Å². The normalized spacial score (nSPS) is 12.8. The third kappa shape index (κ3) is 4.38. The van der Waals surface area contributed by atoms with E-state index in [9.17, 15) is 9.00 Å². The number of aromatic nitrogens is 2. The van der Waals surface area contributed by atoms with Gasteiger partial charge in [-0.1, -0.05) is 12.1 Å². The van der Waals surface area contributed by atoms with E-state index in [-0.39, 0.29) is 21.7 Å². The zero-order chi connectivity index (χ0) is 19.2. The van der Waals surface area contributed by atoms with Crippen LogP contribution in [0, 0.1) is 0 Å². The minimum Gasteiger partial charge on any atom is -0.497 e. The van der Waals surface area contributed by atoms with Crippen molar-refractivity contribution in [3.8, 4) is 5.75 Å². The summed E-state index contributed by atoms with van der Waals surface area (Å²) in [6.07, 6.45) is 4.71. The van der Waals surface area contributed by atoms with E-state index < -0.39 is 10.8 Å². The first-order chi connectivity index (χ1) is 13.1. The second-order valence-corrected chi connectivity index (χ2v) is 7.45. The van der Waals surface area contributed by atoms with Gasteiger partial charge in [0.1, 0.15) is 10.8 Å². The van der Waals surface area contributed by atoms with Crippen LogP contribution in [0.2, 0.25) is 0 Å². The van der Waals surface area contributed by atoms with Crippen molar-refractivity contribution in [3.63, 3.8) is 0 Å². The molecule has 0 aliphatic rings. The van der Waals surface area contributed by atoms with Crippen LogP contribution in [0.5, 0.6) is 5.75 Å². The van der Waals surface area contributed by atoms with E-state index in [1.165, 1.54) is 6.20 Å². The van der Waals surface area contributed by atoms with Crippen molar-refractivity contribution in [2.75, 3.05) is 12.4 Å². The number of benzene rings is 1. The Bertz CT molecular complexity index is 946. The summed E-state index contributed by atoms with van der Waals surface area (Å²) in [5.74, 6) is 0.367. The lowest BCUT2D eigenvalue weighted by Crippen LogP contribution is -2.17. The van der Waals surface area contributed by atoms with Crippen molar-refractivity contribution in [1.29, 1.82) is 0 Å². The van der Waals surface area contributed by atoms with E-state index in [4.69, 9.17) is 4.74 Å². The number of methoxy groups -OCH3 is 1. The molecule has 0 saturated carbocycles. The predicted octanol–water partition coefficient (Wildman–Crippen LogP) is 3.61. The van der Waals surface area contributed by atoms with Gasteiger partial charge in [0.15, 0.2) is 0 Å². The lowest BCUT2D eigenvalue weighted by molar-refractivity contribution is 0.102. The van der Waals surface area contributed by atoms with Gasteiger partial charge in [-0.25, -0.2) is 4.98 Å². The molecule has 1 aromatic carbocycles. The molecular weight excluding hydrogens is 362 g/mol. The Morgan fingerprint density at radius 1 is 1.07 bits per heavy atom. The van der Waals surface area contributed by atoms with Gasteiger partial charge >= 0.3 is 0 Å². The molecule has 2 atom stereocenters. The smallest absolute Gasteiger partial charge is 0.258 e. The van der Waals surface area contributed by atoms with Crippen LogP contribution in [-0.4, -0.2) is 27.2 Å². The van der Waals surface area contributed by atoms with Gasteiger partial charge in [-0.15, -0.1) is 0 Å². The zero-order valence-corrected chi connectivity index (χ0v) is 15.8. The predicted molar refractivity (Wildman–Crippen MR) is 104 cm³/mol. The van der Waals surface area contributed by atoms with Crippen LogP contribution in [0.15, 0.2) is 72.1 Å². The van der Waals surface area contributed by atoms with Crippen molar-refractivity contribution in [2.45, 2.75) is 17.2 Å². The molecule has 2 aromatic heterocycles. The first-order valence-corrected chi connectivity index (χ1v) is 9.52. The molecule has 2 unspecified atom stereocenters. The molecule has 0 spiro atoms. The first-order valence-electron chi connectivity index (χ1n) is 8.31. The molecule has 6 nitrogen and oxygen atoms in total. The highest BCUT2D eigenvalue weighted by Gasteiger charge is 2.23. The molecule has 138 valence electrons. The van der Waals surface area contributed by atoms with Crippen LogP contribution in [-0.2, 0) is 10.8 Å². The topological polar surface area (TPSA) is 81.2 Å². The lowest BCUT2D eigenvalue weighted by Gasteiger charge is -2.14. The number of hydrogen-bond acceptors (Lipinski definition) is 5. The fraction of sp³-hybridized carbons (Fsp3) is 0.150. The minimum atomic E-state index is -1.50. The number of ether oxygens (including phenoxy) is 1. The average molecular weight is 381 g/mol. The highest BCUT2D eigenvalue weighted by Crippen LogP contribution is 2.27. The Labute approximate surface area is 160 Å². The molecule has 0 aliphatic carbocycles. The SMILES string of the molecule is COc1ccc(C(C)S(=O)c2ncccc2C(=O)Nc2ccncc2)cc1. The second kappa shape index (κ2) is 8.55. The summed E-state index contributed by atoms with van der Waals surface area (Å²) in [4.78, 5) is 20.8. The van der Waals surface area contributed by atoms with Gasteiger partial charge < -0.3 is 10.1 Å². The Morgan fingerprint density at radius 3 is 2.44 bits per heavy atom. The number of nitrogens with zero attached hydrogens (tertiary/aromatic N) is 2. The monoisotopic (exact) mass is 381 g/mol. The Balaban J connectivity index is 1.85. The van der Waals surface area contributed by atoms with E-state index >= 15 is 0 Å². The zero-order valence-electron chi connectivity index (χ0n) is 15.0. The van der Waals surface area contributed by atoms with Crippen LogP contribution < -0.4 is 10.1 Å². The number of amides is 1. The summed E-state index contributed by atoms with van der Waals surface area (Å²) < 4.78 is 18.3. The summed E-state index contributed by atoms with van der Waals surface area (Å²) in [6, 6.07) is 14.0. The van der Waals surface area contributed by atoms with Crippen LogP contribution in [0.1, 0.15) is 28.1 Å². The van der Waals surface area contributed by atoms with Gasteiger partial charge in [0.05, 0.1) is 28.7 Å². The van der Waals surface area contributed by atoms with E-state index in [0.29, 0.717) is 5.69 Å². The summed E-state index contributed by atoms with van der Waals surface area (Å²) in [5, 5.41) is 2.70. The number of carbonyl (C=O) groups excluding carboxylic acids is 1. The van der Waals surface area contributed by atoms with E-state index in [1.54, 1.807) is 43.8 Å². The number of carbonyl (C=O) groups is 1. The minimum absolute atomic E-state index is 0.257. The molecule has 0 fully saturated rings. The van der Waals surface area contributed by atoms with Crippen molar-refractivity contribution in [3.05, 3.63) is 78.2 Å². The van der Waals surface area contributed by atoms with Crippen molar-refractivity contribution >= 4 is 22.4 Å². The molecule has 7 heteroatoms. The van der Waals surface area contributed by atoms with Crippen LogP contribution in [0.25, 0.3) is 0 Å². The highest BCUT2D eigenvalue weighted by molar-refractivity contribution is 7.85. The van der Waals surface area contributed by atoms with Crippen molar-refractivity contribution in [1.82, 2.24) is 9.97 Å². The maximum Gasteiger partial charge on any atom is 0.258 e. The quantitative estimate of drug-likeness (QED) is 0.705. The van der Waals surface area contributed by atoms with Crippen LogP contribution in [0.3, 0.4) is 0 Å². The second-order valence-electron chi connectivity index (χ2n) is 5.76. The molecule has 3 aromatic rings. The fourth-order valence-electron chi connectivity index (χ4n) is 2.52. The summed E-state index contributed by atoms with van der Waals surface area (Å²) in [7, 11) is 0.0925. The van der Waals surface area contributed by atoms with Gasteiger partial charge in [-0.05, 0) is 48.9 Å². The average Bonchev–Trinajstić information content (AvgIpc) is 2.73. The molecule has 3 rings (SSSR count). The summed E-state index contributed by atoms with van der Waals surface area (Å²) >= 11 is 0. The van der Waals surface area contributed by atoms with Crippen LogP contribution >= 0.6 is 0 Å². The number of anilines is 1. The van der Waals surface area contributed by atoms with Gasteiger partial charge in [-0.3, -0.25) is 14.0 Å². The largest absolute Gasteiger partial charge is 0.497 e. The van der Waals surface area contributed by atoms with E-state index in [0.717, 1.165) is 11.3 Å². The van der Waals surface area contributed by atoms with Crippen molar-refractivity contribution < 1.29 is 13.7 Å². The molecule has 27 heavy (non-hydrogen) atoms. The molecule has 0 saturated heterocycles. The number of nitrogens with one attached hydrogen (secondary N) is 1. The molecule has 1 amide bonds. The van der Waals surface area contributed by atoms with Gasteiger partial charge in [0.25, 0.3) is 5.91 Å². The Kier molecular flexibility index (Phi) is 5.93. The standard InChI is InChI=1S/C20H19N3O3S/c1-14(15-5-7-17(26-2)8-6-15)27(25)20-18(4-3-11-22-20)19(24)23-16-9-12-21-13-10-16/h3-14H,1-2H3,(H,21,23,24). The summed E-state index contributed by atoms with van der Waals surface area (Å²) in [6.45, 7) is 1.84. The number of hydrogen-bond donors (Lipinski definition) is 1. The lowest BCUT2D eigenvalue weighted by atomic mass is 10.1. The maximum absolute atomic E-state index is 13.1. The molecule has 1 N–H and O–H groups in total. The molecule has 0 aliphatic heterocycles. The first kappa shape index (κ1) is 18.7. The van der Waals surface area contributed by atoms with E-state index in [1.807, 2.05) is 31.2 Å². The van der Waals surface area contributed by atoms with Crippen LogP contribution in [0.4, 0.5) is 5.69 Å².